The van der Waals surface area contributed by atoms with Gasteiger partial charge in [0.15, 0.2) is 0 Å². The maximum Gasteiger partial charge on any atom is 0.118 e. The van der Waals surface area contributed by atoms with Crippen LogP contribution in [0.15, 0.2) is 54.6 Å². The highest BCUT2D eigenvalue weighted by molar-refractivity contribution is 5.30. The van der Waals surface area contributed by atoms with E-state index in [4.69, 9.17) is 9.57 Å². The third-order valence-electron chi connectivity index (χ3n) is 3.84. The van der Waals surface area contributed by atoms with Crippen molar-refractivity contribution in [2.75, 3.05) is 14.2 Å². The monoisotopic (exact) mass is 269 g/mol. The van der Waals surface area contributed by atoms with Crippen molar-refractivity contribution in [2.24, 2.45) is 0 Å². The molecule has 20 heavy (non-hydrogen) atoms. The molecule has 2 aromatic carbocycles. The predicted molar refractivity (Wildman–Crippen MR) is 78.4 cm³/mol. The molecule has 104 valence electrons. The van der Waals surface area contributed by atoms with Crippen LogP contribution in [0, 0.1) is 0 Å². The number of nitrogens with zero attached hydrogens (tertiary/aromatic N) is 1. The van der Waals surface area contributed by atoms with Crippen molar-refractivity contribution in [1.82, 2.24) is 5.06 Å². The molecule has 2 unspecified atom stereocenters. The van der Waals surface area contributed by atoms with Crippen LogP contribution < -0.4 is 4.74 Å². The fraction of sp³-hybridized carbons (Fsp3) is 0.294. The lowest BCUT2D eigenvalue weighted by Gasteiger charge is -2.17. The van der Waals surface area contributed by atoms with Gasteiger partial charge >= 0.3 is 0 Å². The number of rotatable bonds is 3. The van der Waals surface area contributed by atoms with E-state index in [0.29, 0.717) is 0 Å². The number of hydroxylamine groups is 2. The molecule has 0 spiro atoms. The fourth-order valence-corrected chi connectivity index (χ4v) is 2.71. The van der Waals surface area contributed by atoms with E-state index in [-0.39, 0.29) is 12.1 Å². The number of hydrogen-bond acceptors (Lipinski definition) is 3. The molecule has 0 saturated carbocycles. The molecule has 0 amide bonds. The second kappa shape index (κ2) is 5.65. The van der Waals surface area contributed by atoms with Crippen molar-refractivity contribution in [1.29, 1.82) is 0 Å². The van der Waals surface area contributed by atoms with Gasteiger partial charge in [0.2, 0.25) is 0 Å². The molecular weight excluding hydrogens is 250 g/mol. The molecule has 1 aliphatic heterocycles. The van der Waals surface area contributed by atoms with Crippen molar-refractivity contribution in [3.63, 3.8) is 0 Å². The number of benzene rings is 2. The maximum atomic E-state index is 5.97. The summed E-state index contributed by atoms with van der Waals surface area (Å²) in [5, 5.41) is 1.96. The molecule has 1 heterocycles. The summed E-state index contributed by atoms with van der Waals surface area (Å²) in [5.41, 5.74) is 2.49. The molecule has 0 aromatic heterocycles. The number of hydrogen-bond donors (Lipinski definition) is 0. The number of ether oxygens (including phenoxy) is 1. The minimum atomic E-state index is 0.133. The quantitative estimate of drug-likeness (QED) is 0.847. The summed E-state index contributed by atoms with van der Waals surface area (Å²) in [7, 11) is 3.68. The molecular formula is C17H19NO2. The van der Waals surface area contributed by atoms with Crippen LogP contribution in [-0.2, 0) is 4.84 Å². The van der Waals surface area contributed by atoms with E-state index in [1.807, 2.05) is 30.3 Å². The van der Waals surface area contributed by atoms with Gasteiger partial charge in [-0.1, -0.05) is 42.5 Å². The molecule has 3 nitrogen and oxygen atoms in total. The Bertz CT molecular complexity index is 553. The largest absolute Gasteiger partial charge is 0.497 e. The van der Waals surface area contributed by atoms with Crippen LogP contribution in [0.4, 0.5) is 0 Å². The highest BCUT2D eigenvalue weighted by Gasteiger charge is 2.32. The minimum absolute atomic E-state index is 0.133. The standard InChI is InChI=1S/C17H19NO2/c1-18-16(13-8-10-15(19-2)11-9-13)12-17(20-18)14-6-4-3-5-7-14/h3-11,16-17H,12H2,1-2H3. The van der Waals surface area contributed by atoms with Gasteiger partial charge in [0.05, 0.1) is 13.2 Å². The van der Waals surface area contributed by atoms with Crippen LogP contribution in [0.1, 0.15) is 29.7 Å². The van der Waals surface area contributed by atoms with Gasteiger partial charge in [0.25, 0.3) is 0 Å². The van der Waals surface area contributed by atoms with Crippen LogP contribution >= 0.6 is 0 Å². The molecule has 0 N–H and O–H groups in total. The SMILES string of the molecule is COc1ccc(C2CC(c3ccccc3)ON2C)cc1. The Balaban J connectivity index is 1.78. The molecule has 1 aliphatic rings. The molecule has 3 heteroatoms. The van der Waals surface area contributed by atoms with Gasteiger partial charge in [-0.15, -0.1) is 0 Å². The summed E-state index contributed by atoms with van der Waals surface area (Å²) in [6, 6.07) is 18.9. The predicted octanol–water partition coefficient (Wildman–Crippen LogP) is 3.74. The van der Waals surface area contributed by atoms with E-state index in [0.717, 1.165) is 12.2 Å². The van der Waals surface area contributed by atoms with Gasteiger partial charge in [-0.25, -0.2) is 0 Å². The molecule has 1 fully saturated rings. The van der Waals surface area contributed by atoms with Crippen molar-refractivity contribution < 1.29 is 9.57 Å². The summed E-state index contributed by atoms with van der Waals surface area (Å²) in [6.07, 6.45) is 1.10. The van der Waals surface area contributed by atoms with Crippen molar-refractivity contribution in [2.45, 2.75) is 18.6 Å². The zero-order valence-corrected chi connectivity index (χ0v) is 11.8. The van der Waals surface area contributed by atoms with Crippen LogP contribution in [0.25, 0.3) is 0 Å². The van der Waals surface area contributed by atoms with Crippen LogP contribution in [-0.4, -0.2) is 19.2 Å². The molecule has 2 atom stereocenters. The van der Waals surface area contributed by atoms with Gasteiger partial charge < -0.3 is 4.74 Å². The fourth-order valence-electron chi connectivity index (χ4n) is 2.71. The van der Waals surface area contributed by atoms with Crippen LogP contribution in [0.2, 0.25) is 0 Å². The van der Waals surface area contributed by atoms with Gasteiger partial charge in [-0.05, 0) is 23.3 Å². The Kier molecular flexibility index (Phi) is 3.72. The highest BCUT2D eigenvalue weighted by atomic mass is 16.7. The molecule has 0 bridgehead atoms. The van der Waals surface area contributed by atoms with E-state index in [1.165, 1.54) is 11.1 Å². The van der Waals surface area contributed by atoms with E-state index in [2.05, 4.69) is 36.4 Å². The Morgan fingerprint density at radius 1 is 1.00 bits per heavy atom. The molecule has 0 radical (unpaired) electrons. The third-order valence-corrected chi connectivity index (χ3v) is 3.84. The van der Waals surface area contributed by atoms with E-state index < -0.39 is 0 Å². The van der Waals surface area contributed by atoms with Crippen molar-refractivity contribution in [3.05, 3.63) is 65.7 Å². The normalized spacial score (nSPS) is 22.9. The van der Waals surface area contributed by atoms with E-state index in [1.54, 1.807) is 7.11 Å². The summed E-state index contributed by atoms with van der Waals surface area (Å²) in [6.45, 7) is 0. The maximum absolute atomic E-state index is 5.97. The van der Waals surface area contributed by atoms with Gasteiger partial charge in [-0.3, -0.25) is 4.84 Å². The van der Waals surface area contributed by atoms with Crippen LogP contribution in [0.5, 0.6) is 5.75 Å². The summed E-state index contributed by atoms with van der Waals surface area (Å²) in [4.78, 5) is 5.97. The topological polar surface area (TPSA) is 21.7 Å². The lowest BCUT2D eigenvalue weighted by molar-refractivity contribution is -0.146. The average molecular weight is 269 g/mol. The van der Waals surface area contributed by atoms with Crippen molar-refractivity contribution >= 4 is 0 Å². The number of methoxy groups -OCH3 is 1. The van der Waals surface area contributed by atoms with E-state index >= 15 is 0 Å². The first-order valence-corrected chi connectivity index (χ1v) is 6.86. The lowest BCUT2D eigenvalue weighted by atomic mass is 9.98. The Morgan fingerprint density at radius 2 is 1.70 bits per heavy atom. The zero-order valence-electron chi connectivity index (χ0n) is 11.8. The Hall–Kier alpha value is -1.84. The highest BCUT2D eigenvalue weighted by Crippen LogP contribution is 2.40. The second-order valence-electron chi connectivity index (χ2n) is 5.08. The smallest absolute Gasteiger partial charge is 0.118 e. The molecule has 2 aromatic rings. The Morgan fingerprint density at radius 3 is 2.35 bits per heavy atom. The molecule has 0 aliphatic carbocycles. The first-order valence-electron chi connectivity index (χ1n) is 6.86. The minimum Gasteiger partial charge on any atom is -0.497 e. The second-order valence-corrected chi connectivity index (χ2v) is 5.08. The van der Waals surface area contributed by atoms with Gasteiger partial charge in [-0.2, -0.15) is 5.06 Å². The molecule has 3 rings (SSSR count). The Labute approximate surface area is 119 Å². The van der Waals surface area contributed by atoms with Gasteiger partial charge in [0, 0.05) is 13.5 Å². The van der Waals surface area contributed by atoms with Crippen molar-refractivity contribution in [3.8, 4) is 5.75 Å². The first kappa shape index (κ1) is 13.2. The first-order chi connectivity index (χ1) is 9.78. The summed E-state index contributed by atoms with van der Waals surface area (Å²) >= 11 is 0. The zero-order chi connectivity index (χ0) is 13.9. The third kappa shape index (κ3) is 2.55. The summed E-state index contributed by atoms with van der Waals surface area (Å²) < 4.78 is 5.20. The lowest BCUT2D eigenvalue weighted by Crippen LogP contribution is -2.16. The van der Waals surface area contributed by atoms with Crippen LogP contribution in [0.3, 0.4) is 0 Å². The molecule has 1 saturated heterocycles. The average Bonchev–Trinajstić information content (AvgIpc) is 2.90. The van der Waals surface area contributed by atoms with Gasteiger partial charge in [0.1, 0.15) is 11.9 Å². The van der Waals surface area contributed by atoms with E-state index in [9.17, 15) is 0 Å². The summed E-state index contributed by atoms with van der Waals surface area (Å²) in [5.74, 6) is 0.884.